The van der Waals surface area contributed by atoms with Gasteiger partial charge in [-0.25, -0.2) is 0 Å². The Morgan fingerprint density at radius 2 is 2.29 bits per heavy atom. The van der Waals surface area contributed by atoms with Crippen molar-refractivity contribution in [1.29, 1.82) is 0 Å². The number of hydrogen-bond acceptors (Lipinski definition) is 4. The van der Waals surface area contributed by atoms with Crippen LogP contribution in [0.5, 0.6) is 0 Å². The fraction of sp³-hybridized carbons (Fsp3) is 0.667. The summed E-state index contributed by atoms with van der Waals surface area (Å²) in [5, 5.41) is 11.5. The zero-order valence-corrected chi connectivity index (χ0v) is 13.4. The molecule has 0 aliphatic carbocycles. The number of rotatable bonds is 7. The number of halogens is 1. The summed E-state index contributed by atoms with van der Waals surface area (Å²) in [6, 6.07) is 2.33. The molecule has 1 aromatic rings. The van der Waals surface area contributed by atoms with E-state index in [2.05, 4.69) is 41.2 Å². The van der Waals surface area contributed by atoms with Gasteiger partial charge in [0.15, 0.2) is 0 Å². The highest BCUT2D eigenvalue weighted by atomic mass is 79.9. The van der Waals surface area contributed by atoms with Crippen LogP contribution in [0.1, 0.15) is 30.4 Å². The summed E-state index contributed by atoms with van der Waals surface area (Å²) < 4.78 is 1.13. The SMILES string of the molecule is CCC(N)C(SCC(C)CO)c1cc(Br)cs1. The van der Waals surface area contributed by atoms with Gasteiger partial charge in [0, 0.05) is 27.4 Å². The summed E-state index contributed by atoms with van der Waals surface area (Å²) in [6.45, 7) is 4.43. The van der Waals surface area contributed by atoms with E-state index in [1.54, 1.807) is 11.3 Å². The largest absolute Gasteiger partial charge is 0.396 e. The molecular formula is C12H20BrNOS2. The minimum Gasteiger partial charge on any atom is -0.396 e. The van der Waals surface area contributed by atoms with Crippen molar-refractivity contribution < 1.29 is 5.11 Å². The molecule has 17 heavy (non-hydrogen) atoms. The van der Waals surface area contributed by atoms with Crippen LogP contribution in [0.25, 0.3) is 0 Å². The third-order valence-electron chi connectivity index (χ3n) is 2.60. The summed E-state index contributed by atoms with van der Waals surface area (Å²) in [5.74, 6) is 1.28. The molecule has 0 spiro atoms. The molecule has 0 bridgehead atoms. The standard InChI is InChI=1S/C12H20BrNOS2/c1-3-10(14)12(17-6-8(2)5-15)11-4-9(13)7-16-11/h4,7-8,10,12,15H,3,5-6,14H2,1-2H3. The lowest BCUT2D eigenvalue weighted by molar-refractivity contribution is 0.250. The van der Waals surface area contributed by atoms with Crippen molar-refractivity contribution in [2.24, 2.45) is 11.7 Å². The molecule has 3 atom stereocenters. The van der Waals surface area contributed by atoms with E-state index in [4.69, 9.17) is 10.8 Å². The Balaban J connectivity index is 2.67. The number of thioether (sulfide) groups is 1. The van der Waals surface area contributed by atoms with Crippen molar-refractivity contribution in [2.45, 2.75) is 31.6 Å². The monoisotopic (exact) mass is 337 g/mol. The highest BCUT2D eigenvalue weighted by Crippen LogP contribution is 2.38. The normalized spacial score (nSPS) is 16.8. The first kappa shape index (κ1) is 15.5. The summed E-state index contributed by atoms with van der Waals surface area (Å²) in [5.41, 5.74) is 6.19. The van der Waals surface area contributed by atoms with Crippen molar-refractivity contribution >= 4 is 39.0 Å². The van der Waals surface area contributed by atoms with Gasteiger partial charge in [0.1, 0.15) is 0 Å². The maximum atomic E-state index is 9.07. The average Bonchev–Trinajstić information content (AvgIpc) is 2.75. The molecule has 3 N–H and O–H groups in total. The number of nitrogens with two attached hydrogens (primary N) is 1. The Kier molecular flexibility index (Phi) is 7.11. The van der Waals surface area contributed by atoms with E-state index < -0.39 is 0 Å². The smallest absolute Gasteiger partial charge is 0.0542 e. The Morgan fingerprint density at radius 1 is 1.59 bits per heavy atom. The van der Waals surface area contributed by atoms with Gasteiger partial charge in [-0.3, -0.25) is 0 Å². The molecule has 0 saturated carbocycles. The molecule has 5 heteroatoms. The van der Waals surface area contributed by atoms with E-state index in [9.17, 15) is 0 Å². The number of aliphatic hydroxyl groups is 1. The molecule has 98 valence electrons. The van der Waals surface area contributed by atoms with Crippen LogP contribution in [0, 0.1) is 5.92 Å². The molecule has 0 aliphatic heterocycles. The van der Waals surface area contributed by atoms with E-state index in [1.807, 2.05) is 11.8 Å². The van der Waals surface area contributed by atoms with Crippen molar-refractivity contribution in [3.8, 4) is 0 Å². The van der Waals surface area contributed by atoms with Crippen LogP contribution in [-0.4, -0.2) is 23.5 Å². The van der Waals surface area contributed by atoms with Crippen molar-refractivity contribution in [3.05, 3.63) is 20.8 Å². The van der Waals surface area contributed by atoms with Crippen molar-refractivity contribution in [3.63, 3.8) is 0 Å². The average molecular weight is 338 g/mol. The van der Waals surface area contributed by atoms with Crippen LogP contribution in [-0.2, 0) is 0 Å². The van der Waals surface area contributed by atoms with E-state index in [0.717, 1.165) is 16.6 Å². The minimum absolute atomic E-state index is 0.177. The quantitative estimate of drug-likeness (QED) is 0.798. The van der Waals surface area contributed by atoms with E-state index in [-0.39, 0.29) is 12.6 Å². The lowest BCUT2D eigenvalue weighted by atomic mass is 10.1. The second kappa shape index (κ2) is 7.79. The maximum absolute atomic E-state index is 9.07. The van der Waals surface area contributed by atoms with Crippen LogP contribution in [0.4, 0.5) is 0 Å². The van der Waals surface area contributed by atoms with Crippen LogP contribution in [0.3, 0.4) is 0 Å². The van der Waals surface area contributed by atoms with Crippen LogP contribution in [0.15, 0.2) is 15.9 Å². The Bertz CT molecular complexity index is 332. The molecule has 0 saturated heterocycles. The molecule has 0 amide bonds. The van der Waals surface area contributed by atoms with Crippen molar-refractivity contribution in [2.75, 3.05) is 12.4 Å². The molecular weight excluding hydrogens is 318 g/mol. The number of hydrogen-bond donors (Lipinski definition) is 2. The van der Waals surface area contributed by atoms with Gasteiger partial charge in [0.2, 0.25) is 0 Å². The molecule has 0 aromatic carbocycles. The molecule has 3 unspecified atom stereocenters. The maximum Gasteiger partial charge on any atom is 0.0542 e. The fourth-order valence-electron chi connectivity index (χ4n) is 1.43. The van der Waals surface area contributed by atoms with Gasteiger partial charge in [-0.05, 0) is 40.1 Å². The molecule has 1 aromatic heterocycles. The Morgan fingerprint density at radius 3 is 2.76 bits per heavy atom. The first-order valence-electron chi connectivity index (χ1n) is 5.80. The second-order valence-electron chi connectivity index (χ2n) is 4.28. The Labute approximate surface area is 120 Å². The third kappa shape index (κ3) is 4.91. The zero-order valence-electron chi connectivity index (χ0n) is 10.2. The van der Waals surface area contributed by atoms with Gasteiger partial charge < -0.3 is 10.8 Å². The second-order valence-corrected chi connectivity index (χ2v) is 7.31. The predicted octanol–water partition coefficient (Wildman–Crippen LogP) is 3.65. The highest BCUT2D eigenvalue weighted by molar-refractivity contribution is 9.10. The highest BCUT2D eigenvalue weighted by Gasteiger charge is 2.21. The van der Waals surface area contributed by atoms with Gasteiger partial charge in [0.25, 0.3) is 0 Å². The topological polar surface area (TPSA) is 46.2 Å². The van der Waals surface area contributed by atoms with Gasteiger partial charge >= 0.3 is 0 Å². The lowest BCUT2D eigenvalue weighted by Gasteiger charge is -2.22. The molecule has 0 aliphatic rings. The van der Waals surface area contributed by atoms with E-state index >= 15 is 0 Å². The lowest BCUT2D eigenvalue weighted by Crippen LogP contribution is -2.26. The molecule has 2 nitrogen and oxygen atoms in total. The summed E-state index contributed by atoms with van der Waals surface area (Å²) in [6.07, 6.45) is 0.973. The minimum atomic E-state index is 0.177. The first-order valence-corrected chi connectivity index (χ1v) is 8.52. The molecule has 0 fully saturated rings. The van der Waals surface area contributed by atoms with Crippen LogP contribution < -0.4 is 5.73 Å². The van der Waals surface area contributed by atoms with Gasteiger partial charge in [-0.2, -0.15) is 11.8 Å². The molecule has 1 rings (SSSR count). The fourth-order valence-corrected chi connectivity index (χ4v) is 4.61. The Hall–Kier alpha value is 0.450. The summed E-state index contributed by atoms with van der Waals surface area (Å²) in [7, 11) is 0. The summed E-state index contributed by atoms with van der Waals surface area (Å²) in [4.78, 5) is 1.32. The summed E-state index contributed by atoms with van der Waals surface area (Å²) >= 11 is 7.09. The van der Waals surface area contributed by atoms with Crippen molar-refractivity contribution in [1.82, 2.24) is 0 Å². The van der Waals surface area contributed by atoms with E-state index in [0.29, 0.717) is 11.2 Å². The van der Waals surface area contributed by atoms with Gasteiger partial charge in [-0.15, -0.1) is 11.3 Å². The molecule has 1 heterocycles. The third-order valence-corrected chi connectivity index (χ3v) is 6.25. The first-order chi connectivity index (χ1) is 8.08. The van der Waals surface area contributed by atoms with E-state index in [1.165, 1.54) is 4.88 Å². The van der Waals surface area contributed by atoms with Gasteiger partial charge in [0.05, 0.1) is 5.25 Å². The van der Waals surface area contributed by atoms with Crippen LogP contribution >= 0.6 is 39.0 Å². The molecule has 0 radical (unpaired) electrons. The zero-order chi connectivity index (χ0) is 12.8. The van der Waals surface area contributed by atoms with Gasteiger partial charge in [-0.1, -0.05) is 13.8 Å². The number of aliphatic hydroxyl groups excluding tert-OH is 1. The number of thiophene rings is 1. The van der Waals surface area contributed by atoms with Crippen LogP contribution in [0.2, 0.25) is 0 Å². The predicted molar refractivity (Wildman–Crippen MR) is 81.7 cm³/mol.